The van der Waals surface area contributed by atoms with E-state index in [-0.39, 0.29) is 17.5 Å². The number of fused-ring (bicyclic) bond motifs is 1. The van der Waals surface area contributed by atoms with Crippen LogP contribution in [-0.2, 0) is 11.0 Å². The van der Waals surface area contributed by atoms with Crippen molar-refractivity contribution in [1.82, 2.24) is 10.2 Å². The molecule has 2 N–H and O–H groups in total. The number of anilines is 1. The maximum atomic E-state index is 14.1. The normalized spacial score (nSPS) is 18.6. The van der Waals surface area contributed by atoms with E-state index in [4.69, 9.17) is 11.6 Å². The van der Waals surface area contributed by atoms with Gasteiger partial charge in [0.2, 0.25) is 5.91 Å². The highest BCUT2D eigenvalue weighted by molar-refractivity contribution is 6.31. The number of rotatable bonds is 5. The SMILES string of the molecule is Cc1cc(Cl)cc(N2C=Nc3cc(C)c(-c4ccc(C(F)(F)F)cc4O)cc3C2C(=O)N(C)C[C@@H]2CCCN2)c1. The number of likely N-dealkylation sites (N-methyl/N-ethyl adjacent to an activating group) is 1. The Labute approximate surface area is 236 Å². The number of carbonyl (C=O) groups is 1. The minimum Gasteiger partial charge on any atom is -0.507 e. The third kappa shape index (κ3) is 5.53. The molecular weight excluding hydrogens is 541 g/mol. The molecule has 10 heteroatoms. The lowest BCUT2D eigenvalue weighted by atomic mass is 9.91. The Morgan fingerprint density at radius 1 is 1.15 bits per heavy atom. The van der Waals surface area contributed by atoms with Crippen molar-refractivity contribution in [3.05, 3.63) is 75.8 Å². The number of halogens is 4. The molecule has 0 bridgehead atoms. The van der Waals surface area contributed by atoms with Gasteiger partial charge in [0.15, 0.2) is 0 Å². The minimum atomic E-state index is -4.58. The predicted octanol–water partition coefficient (Wildman–Crippen LogP) is 6.78. The second-order valence-corrected chi connectivity index (χ2v) is 10.9. The highest BCUT2D eigenvalue weighted by atomic mass is 35.5. The molecule has 2 aliphatic heterocycles. The molecule has 40 heavy (non-hydrogen) atoms. The maximum Gasteiger partial charge on any atom is 0.416 e. The van der Waals surface area contributed by atoms with Gasteiger partial charge in [-0.15, -0.1) is 0 Å². The zero-order valence-electron chi connectivity index (χ0n) is 22.4. The Hall–Kier alpha value is -3.56. The zero-order valence-corrected chi connectivity index (χ0v) is 23.1. The molecule has 3 aromatic rings. The quantitative estimate of drug-likeness (QED) is 0.355. The molecule has 1 amide bonds. The van der Waals surface area contributed by atoms with E-state index in [0.29, 0.717) is 39.6 Å². The summed E-state index contributed by atoms with van der Waals surface area (Å²) in [6, 6.07) is 11.3. The third-order valence-corrected chi connectivity index (χ3v) is 7.69. The van der Waals surface area contributed by atoms with Gasteiger partial charge in [0.25, 0.3) is 0 Å². The number of hydrogen-bond acceptors (Lipinski definition) is 5. The van der Waals surface area contributed by atoms with Gasteiger partial charge in [-0.05, 0) is 92.4 Å². The standard InChI is InChI=1S/C30H30ClF3N4O2/c1-17-9-20(31)13-22(10-17)38-16-36-26-11-18(2)24(23-7-6-19(12-27(23)39)30(32,33)34)14-25(26)28(38)29(40)37(3)15-21-5-4-8-35-21/h6-7,9-14,16,21,28,35,39H,4-5,8,15H2,1-3H3/t21-,28?/m0/s1. The fraction of sp³-hybridized carbons (Fsp3) is 0.333. The van der Waals surface area contributed by atoms with Gasteiger partial charge < -0.3 is 20.2 Å². The number of nitrogens with one attached hydrogen (secondary N) is 1. The van der Waals surface area contributed by atoms with Crippen LogP contribution in [-0.4, -0.2) is 48.4 Å². The summed E-state index contributed by atoms with van der Waals surface area (Å²) < 4.78 is 39.7. The number of aliphatic imine (C=N–C) groups is 1. The first-order valence-corrected chi connectivity index (χ1v) is 13.4. The van der Waals surface area contributed by atoms with Crippen LogP contribution in [0.4, 0.5) is 24.5 Å². The summed E-state index contributed by atoms with van der Waals surface area (Å²) in [6.07, 6.45) is -0.930. The van der Waals surface area contributed by atoms with E-state index in [9.17, 15) is 23.1 Å². The number of alkyl halides is 3. The summed E-state index contributed by atoms with van der Waals surface area (Å²) in [7, 11) is 1.77. The fourth-order valence-electron chi connectivity index (χ4n) is 5.48. The van der Waals surface area contributed by atoms with Crippen molar-refractivity contribution in [3.8, 4) is 16.9 Å². The largest absolute Gasteiger partial charge is 0.507 e. The summed E-state index contributed by atoms with van der Waals surface area (Å²) >= 11 is 6.38. The first-order chi connectivity index (χ1) is 18.9. The van der Waals surface area contributed by atoms with Crippen LogP contribution in [0.2, 0.25) is 5.02 Å². The van der Waals surface area contributed by atoms with Crippen molar-refractivity contribution >= 4 is 35.2 Å². The first kappa shape index (κ1) is 28.0. The third-order valence-electron chi connectivity index (χ3n) is 7.47. The Balaban J connectivity index is 1.62. The smallest absolute Gasteiger partial charge is 0.416 e. The average molecular weight is 571 g/mol. The summed E-state index contributed by atoms with van der Waals surface area (Å²) in [4.78, 5) is 22.3. The van der Waals surface area contributed by atoms with E-state index < -0.39 is 23.5 Å². The maximum absolute atomic E-state index is 14.1. The van der Waals surface area contributed by atoms with Gasteiger partial charge in [0.05, 0.1) is 17.6 Å². The van der Waals surface area contributed by atoms with Crippen molar-refractivity contribution in [2.45, 2.75) is 44.9 Å². The summed E-state index contributed by atoms with van der Waals surface area (Å²) in [5.41, 5.74) is 3.27. The molecule has 2 atom stereocenters. The zero-order chi connectivity index (χ0) is 28.8. The molecule has 0 aromatic heterocycles. The topological polar surface area (TPSA) is 68.2 Å². The summed E-state index contributed by atoms with van der Waals surface area (Å²) in [6.45, 7) is 5.15. The van der Waals surface area contributed by atoms with Crippen LogP contribution >= 0.6 is 11.6 Å². The van der Waals surface area contributed by atoms with E-state index >= 15 is 0 Å². The molecule has 3 aromatic carbocycles. The average Bonchev–Trinajstić information content (AvgIpc) is 3.39. The Bertz CT molecular complexity index is 1460. The molecule has 5 rings (SSSR count). The molecule has 2 heterocycles. The molecule has 0 aliphatic carbocycles. The lowest BCUT2D eigenvalue weighted by Gasteiger charge is -2.36. The number of phenolic OH excluding ortho intramolecular Hbond substituents is 1. The Morgan fingerprint density at radius 2 is 1.93 bits per heavy atom. The van der Waals surface area contributed by atoms with Gasteiger partial charge in [-0.3, -0.25) is 4.79 Å². The van der Waals surface area contributed by atoms with Gasteiger partial charge in [0.1, 0.15) is 11.8 Å². The highest BCUT2D eigenvalue weighted by Crippen LogP contribution is 2.44. The molecule has 2 aliphatic rings. The number of aryl methyl sites for hydroxylation is 2. The number of hydrogen-bond donors (Lipinski definition) is 2. The second kappa shape index (κ2) is 10.8. The molecule has 1 saturated heterocycles. The van der Waals surface area contributed by atoms with Crippen molar-refractivity contribution in [2.75, 3.05) is 25.0 Å². The van der Waals surface area contributed by atoms with E-state index in [1.165, 1.54) is 6.07 Å². The van der Waals surface area contributed by atoms with Crippen LogP contribution in [0.1, 0.15) is 41.1 Å². The number of carbonyl (C=O) groups excluding carboxylic acids is 1. The lowest BCUT2D eigenvalue weighted by Crippen LogP contribution is -2.46. The van der Waals surface area contributed by atoms with Crippen molar-refractivity contribution < 1.29 is 23.1 Å². The molecule has 0 spiro atoms. The van der Waals surface area contributed by atoms with Crippen LogP contribution in [0.25, 0.3) is 11.1 Å². The van der Waals surface area contributed by atoms with Crippen molar-refractivity contribution in [2.24, 2.45) is 4.99 Å². The monoisotopic (exact) mass is 570 g/mol. The van der Waals surface area contributed by atoms with Crippen LogP contribution < -0.4 is 10.2 Å². The Kier molecular flexibility index (Phi) is 7.54. The minimum absolute atomic E-state index is 0.162. The van der Waals surface area contributed by atoms with Gasteiger partial charge in [-0.25, -0.2) is 4.99 Å². The number of phenols is 1. The second-order valence-electron chi connectivity index (χ2n) is 10.5. The van der Waals surface area contributed by atoms with Crippen molar-refractivity contribution in [1.29, 1.82) is 0 Å². The van der Waals surface area contributed by atoms with E-state index in [1.54, 1.807) is 48.3 Å². The van der Waals surface area contributed by atoms with Gasteiger partial charge in [-0.1, -0.05) is 17.7 Å². The van der Waals surface area contributed by atoms with Crippen LogP contribution in [0.15, 0.2) is 53.5 Å². The number of aromatic hydroxyl groups is 1. The first-order valence-electron chi connectivity index (χ1n) is 13.1. The van der Waals surface area contributed by atoms with E-state index in [1.807, 2.05) is 19.1 Å². The van der Waals surface area contributed by atoms with E-state index in [2.05, 4.69) is 10.3 Å². The molecule has 6 nitrogen and oxygen atoms in total. The molecular formula is C30H30ClF3N4O2. The van der Waals surface area contributed by atoms with Gasteiger partial charge in [-0.2, -0.15) is 13.2 Å². The van der Waals surface area contributed by atoms with Crippen molar-refractivity contribution in [3.63, 3.8) is 0 Å². The van der Waals surface area contributed by atoms with Crippen LogP contribution in [0.3, 0.4) is 0 Å². The molecule has 1 fully saturated rings. The van der Waals surface area contributed by atoms with Crippen LogP contribution in [0.5, 0.6) is 5.75 Å². The Morgan fingerprint density at radius 3 is 2.58 bits per heavy atom. The number of benzene rings is 3. The number of nitrogens with zero attached hydrogens (tertiary/aromatic N) is 3. The summed E-state index contributed by atoms with van der Waals surface area (Å²) in [5, 5.41) is 14.6. The molecule has 210 valence electrons. The van der Waals surface area contributed by atoms with E-state index in [0.717, 1.165) is 37.1 Å². The van der Waals surface area contributed by atoms with Gasteiger partial charge in [0, 0.05) is 41.5 Å². The predicted molar refractivity (Wildman–Crippen MR) is 152 cm³/mol. The number of amides is 1. The lowest BCUT2D eigenvalue weighted by molar-refractivity contribution is -0.137. The van der Waals surface area contributed by atoms with Gasteiger partial charge >= 0.3 is 6.18 Å². The highest BCUT2D eigenvalue weighted by Gasteiger charge is 2.36. The molecule has 1 unspecified atom stereocenters. The molecule has 0 radical (unpaired) electrons. The molecule has 0 saturated carbocycles. The van der Waals surface area contributed by atoms with Crippen LogP contribution in [0, 0.1) is 13.8 Å². The fourth-order valence-corrected chi connectivity index (χ4v) is 5.77. The summed E-state index contributed by atoms with van der Waals surface area (Å²) in [5.74, 6) is -0.656.